The molecule has 1 heterocycles. The molecule has 0 bridgehead atoms. The molecule has 1 N–H and O–H groups in total. The zero-order valence-corrected chi connectivity index (χ0v) is 19.5. The van der Waals surface area contributed by atoms with E-state index in [1.54, 1.807) is 0 Å². The lowest BCUT2D eigenvalue weighted by atomic mass is 9.47. The van der Waals surface area contributed by atoms with Crippen LogP contribution >= 0.6 is 0 Å². The van der Waals surface area contributed by atoms with Crippen LogP contribution in [0.1, 0.15) is 79.6 Å². The third-order valence-electron chi connectivity index (χ3n) is 10.3. The SMILES string of the molecule is CC(C)CC[C@@]1(O)O[C@H]2C[C@H]3[C@@H]4CCC5=CC(=O)C=C[C@]5(C)[C@H]4CC[C@]3(C)[C@H]2[C@@H]1C. The lowest BCUT2D eigenvalue weighted by Crippen LogP contribution is -2.51. The molecule has 9 atom stereocenters. The maximum absolute atomic E-state index is 12.0. The maximum Gasteiger partial charge on any atom is 0.178 e. The summed E-state index contributed by atoms with van der Waals surface area (Å²) in [5.41, 5.74) is 1.69. The molecule has 4 aliphatic carbocycles. The third kappa shape index (κ3) is 2.80. The molecule has 1 aliphatic heterocycles. The predicted molar refractivity (Wildman–Crippen MR) is 119 cm³/mol. The number of fused-ring (bicyclic) bond motifs is 7. The topological polar surface area (TPSA) is 46.5 Å². The smallest absolute Gasteiger partial charge is 0.178 e. The molecule has 30 heavy (non-hydrogen) atoms. The number of allylic oxidation sites excluding steroid dienone is 4. The Morgan fingerprint density at radius 3 is 2.73 bits per heavy atom. The molecule has 5 aliphatic rings. The summed E-state index contributed by atoms with van der Waals surface area (Å²) in [6.07, 6.45) is 13.8. The zero-order chi connectivity index (χ0) is 21.5. The van der Waals surface area contributed by atoms with Crippen molar-refractivity contribution in [3.63, 3.8) is 0 Å². The van der Waals surface area contributed by atoms with Gasteiger partial charge in [-0.3, -0.25) is 4.79 Å². The van der Waals surface area contributed by atoms with Gasteiger partial charge in [-0.2, -0.15) is 0 Å². The summed E-state index contributed by atoms with van der Waals surface area (Å²) in [5.74, 6) is 2.49. The molecule has 0 radical (unpaired) electrons. The van der Waals surface area contributed by atoms with Crippen LogP contribution in [0.25, 0.3) is 0 Å². The molecule has 3 heteroatoms. The van der Waals surface area contributed by atoms with E-state index in [1.807, 2.05) is 12.2 Å². The van der Waals surface area contributed by atoms with E-state index >= 15 is 0 Å². The molecule has 1 saturated heterocycles. The van der Waals surface area contributed by atoms with E-state index in [0.717, 1.165) is 25.7 Å². The van der Waals surface area contributed by atoms with E-state index < -0.39 is 5.79 Å². The van der Waals surface area contributed by atoms with Crippen LogP contribution in [0.2, 0.25) is 0 Å². The van der Waals surface area contributed by atoms with Crippen LogP contribution in [0.3, 0.4) is 0 Å². The lowest BCUT2D eigenvalue weighted by molar-refractivity contribution is -0.220. The second-order valence-corrected chi connectivity index (χ2v) is 12.1. The van der Waals surface area contributed by atoms with Crippen LogP contribution in [-0.4, -0.2) is 22.8 Å². The van der Waals surface area contributed by atoms with Crippen molar-refractivity contribution in [2.75, 3.05) is 0 Å². The molecular formula is C27H40O3. The average molecular weight is 413 g/mol. The summed E-state index contributed by atoms with van der Waals surface area (Å²) in [6.45, 7) is 11.6. The van der Waals surface area contributed by atoms with Crippen molar-refractivity contribution in [1.29, 1.82) is 0 Å². The fourth-order valence-corrected chi connectivity index (χ4v) is 8.67. The fourth-order valence-electron chi connectivity index (χ4n) is 8.67. The Labute approximate surface area is 182 Å². The van der Waals surface area contributed by atoms with Gasteiger partial charge in [0.1, 0.15) is 0 Å². The number of hydrogen-bond donors (Lipinski definition) is 1. The van der Waals surface area contributed by atoms with Gasteiger partial charge >= 0.3 is 0 Å². The number of ether oxygens (including phenoxy) is 1. The molecular weight excluding hydrogens is 372 g/mol. The monoisotopic (exact) mass is 412 g/mol. The van der Waals surface area contributed by atoms with Crippen LogP contribution in [0.15, 0.2) is 23.8 Å². The third-order valence-corrected chi connectivity index (χ3v) is 10.3. The van der Waals surface area contributed by atoms with Gasteiger partial charge in [0.2, 0.25) is 0 Å². The largest absolute Gasteiger partial charge is 0.365 e. The first-order valence-corrected chi connectivity index (χ1v) is 12.4. The van der Waals surface area contributed by atoms with Crippen molar-refractivity contribution in [1.82, 2.24) is 0 Å². The summed E-state index contributed by atoms with van der Waals surface area (Å²) in [5, 5.41) is 11.4. The molecule has 0 aromatic heterocycles. The number of hydrogen-bond acceptors (Lipinski definition) is 3. The van der Waals surface area contributed by atoms with Gasteiger partial charge in [0.05, 0.1) is 6.10 Å². The van der Waals surface area contributed by atoms with Gasteiger partial charge in [-0.05, 0) is 85.7 Å². The van der Waals surface area contributed by atoms with Gasteiger partial charge in [-0.1, -0.05) is 46.3 Å². The molecule has 0 amide bonds. The van der Waals surface area contributed by atoms with Gasteiger partial charge < -0.3 is 9.84 Å². The number of ketones is 1. The number of carbonyl (C=O) groups is 1. The van der Waals surface area contributed by atoms with Crippen molar-refractivity contribution in [2.24, 2.45) is 46.3 Å². The fraction of sp³-hybridized carbons (Fsp3) is 0.815. The minimum atomic E-state index is -0.939. The number of aliphatic hydroxyl groups is 1. The molecule has 0 aromatic rings. The van der Waals surface area contributed by atoms with Crippen molar-refractivity contribution >= 4 is 5.78 Å². The first-order valence-electron chi connectivity index (χ1n) is 12.4. The van der Waals surface area contributed by atoms with Gasteiger partial charge in [0.15, 0.2) is 11.6 Å². The molecule has 3 nitrogen and oxygen atoms in total. The Bertz CT molecular complexity index is 796. The summed E-state index contributed by atoms with van der Waals surface area (Å²) in [6, 6.07) is 0. The number of rotatable bonds is 3. The molecule has 0 spiro atoms. The van der Waals surface area contributed by atoms with Crippen molar-refractivity contribution in [3.05, 3.63) is 23.8 Å². The highest BCUT2D eigenvalue weighted by Crippen LogP contribution is 2.69. The molecule has 4 fully saturated rings. The highest BCUT2D eigenvalue weighted by Gasteiger charge is 2.67. The summed E-state index contributed by atoms with van der Waals surface area (Å²) in [4.78, 5) is 12.0. The number of carbonyl (C=O) groups excluding carboxylic acids is 1. The Morgan fingerprint density at radius 2 is 2.00 bits per heavy atom. The molecule has 0 aromatic carbocycles. The van der Waals surface area contributed by atoms with Gasteiger partial charge in [0.25, 0.3) is 0 Å². The summed E-state index contributed by atoms with van der Waals surface area (Å²) < 4.78 is 6.50. The van der Waals surface area contributed by atoms with E-state index in [4.69, 9.17) is 4.74 Å². The molecule has 0 unspecified atom stereocenters. The van der Waals surface area contributed by atoms with Crippen molar-refractivity contribution in [3.8, 4) is 0 Å². The van der Waals surface area contributed by atoms with Crippen LogP contribution in [0.4, 0.5) is 0 Å². The minimum absolute atomic E-state index is 0.0559. The second kappa shape index (κ2) is 6.78. The van der Waals surface area contributed by atoms with Gasteiger partial charge in [0, 0.05) is 17.8 Å². The van der Waals surface area contributed by atoms with Gasteiger partial charge in [-0.15, -0.1) is 0 Å². The average Bonchev–Trinajstić information content (AvgIpc) is 3.11. The minimum Gasteiger partial charge on any atom is -0.365 e. The first kappa shape index (κ1) is 20.9. The lowest BCUT2D eigenvalue weighted by Gasteiger charge is -2.57. The standard InChI is InChI=1S/C27H40O3/c1-16(2)8-13-27(29)17(3)24-23(30-27)15-22-20-7-6-18-14-19(28)9-11-25(18,4)21(20)10-12-26(22,24)5/h9,11,14,16-17,20-24,29H,6-8,10,12-13,15H2,1-5H3/t17-,20+,21-,22-,23-,24-,25-,26-,27+/m0/s1. The normalized spacial score (nSPS) is 52.0. The van der Waals surface area contributed by atoms with Crippen molar-refractivity contribution in [2.45, 2.75) is 91.5 Å². The first-order chi connectivity index (χ1) is 14.1. The highest BCUT2D eigenvalue weighted by atomic mass is 16.6. The van der Waals surface area contributed by atoms with E-state index in [2.05, 4.69) is 40.7 Å². The van der Waals surface area contributed by atoms with Crippen LogP contribution in [0, 0.1) is 46.3 Å². The van der Waals surface area contributed by atoms with E-state index in [-0.39, 0.29) is 28.6 Å². The molecule has 5 rings (SSSR count). The Morgan fingerprint density at radius 1 is 1.23 bits per heavy atom. The Hall–Kier alpha value is -0.930. The van der Waals surface area contributed by atoms with Crippen LogP contribution in [-0.2, 0) is 9.53 Å². The predicted octanol–water partition coefficient (Wildman–Crippen LogP) is 5.68. The van der Waals surface area contributed by atoms with Crippen molar-refractivity contribution < 1.29 is 14.6 Å². The van der Waals surface area contributed by atoms with E-state index in [0.29, 0.717) is 29.6 Å². The molecule has 166 valence electrons. The van der Waals surface area contributed by atoms with E-state index in [9.17, 15) is 9.90 Å². The quantitative estimate of drug-likeness (QED) is 0.649. The van der Waals surface area contributed by atoms with E-state index in [1.165, 1.54) is 24.8 Å². The summed E-state index contributed by atoms with van der Waals surface area (Å²) >= 11 is 0. The van der Waals surface area contributed by atoms with Gasteiger partial charge in [-0.25, -0.2) is 0 Å². The zero-order valence-electron chi connectivity index (χ0n) is 19.5. The maximum atomic E-state index is 12.0. The van der Waals surface area contributed by atoms with Crippen LogP contribution < -0.4 is 0 Å². The summed E-state index contributed by atoms with van der Waals surface area (Å²) in [7, 11) is 0. The molecule has 3 saturated carbocycles. The highest BCUT2D eigenvalue weighted by molar-refractivity contribution is 6.01. The second-order valence-electron chi connectivity index (χ2n) is 12.1. The Balaban J connectivity index is 1.40. The van der Waals surface area contributed by atoms with Crippen LogP contribution in [0.5, 0.6) is 0 Å². The Kier molecular flexibility index (Phi) is 4.74.